The molecule has 0 aliphatic carbocycles. The summed E-state index contributed by atoms with van der Waals surface area (Å²) in [4.78, 5) is 0. The van der Waals surface area contributed by atoms with Gasteiger partial charge in [-0.05, 0) is 47.6 Å². The van der Waals surface area contributed by atoms with Crippen molar-refractivity contribution in [3.8, 4) is 16.9 Å². The molecule has 1 N–H and O–H groups in total. The Balaban J connectivity index is 2.00. The van der Waals surface area contributed by atoms with Crippen molar-refractivity contribution < 1.29 is 5.11 Å². The van der Waals surface area contributed by atoms with Crippen LogP contribution in [0.5, 0.6) is 5.75 Å². The number of phenols is 1. The van der Waals surface area contributed by atoms with E-state index in [1.807, 2.05) is 12.1 Å². The van der Waals surface area contributed by atoms with Crippen LogP contribution in [0, 0.1) is 0 Å². The van der Waals surface area contributed by atoms with Crippen molar-refractivity contribution in [2.75, 3.05) is 0 Å². The van der Waals surface area contributed by atoms with Crippen LogP contribution in [0.1, 0.15) is 30.0 Å². The third-order valence-corrected chi connectivity index (χ3v) is 4.46. The van der Waals surface area contributed by atoms with Crippen LogP contribution in [0.2, 0.25) is 0 Å². The highest BCUT2D eigenvalue weighted by molar-refractivity contribution is 5.73. The Hall–Kier alpha value is -2.54. The summed E-state index contributed by atoms with van der Waals surface area (Å²) >= 11 is 0. The molecule has 3 aromatic carbocycles. The number of aryl methyl sites for hydroxylation is 2. The first-order valence-corrected chi connectivity index (χ1v) is 8.72. The first-order chi connectivity index (χ1) is 11.8. The minimum Gasteiger partial charge on any atom is -0.508 e. The molecule has 3 rings (SSSR count). The fraction of sp³-hybridized carbons (Fsp3) is 0.217. The first-order valence-electron chi connectivity index (χ1n) is 8.72. The van der Waals surface area contributed by atoms with Crippen molar-refractivity contribution in [3.63, 3.8) is 0 Å². The maximum absolute atomic E-state index is 10.4. The quantitative estimate of drug-likeness (QED) is 0.609. The van der Waals surface area contributed by atoms with Gasteiger partial charge < -0.3 is 5.11 Å². The summed E-state index contributed by atoms with van der Waals surface area (Å²) in [5.74, 6) is 0.416. The lowest BCUT2D eigenvalue weighted by atomic mass is 9.89. The molecule has 0 heterocycles. The van der Waals surface area contributed by atoms with Gasteiger partial charge in [-0.2, -0.15) is 0 Å². The van der Waals surface area contributed by atoms with E-state index in [2.05, 4.69) is 67.6 Å². The van der Waals surface area contributed by atoms with Crippen molar-refractivity contribution >= 4 is 0 Å². The fourth-order valence-corrected chi connectivity index (χ4v) is 3.28. The molecule has 1 heteroatoms. The second-order valence-electron chi connectivity index (χ2n) is 6.20. The zero-order valence-electron chi connectivity index (χ0n) is 14.2. The summed E-state index contributed by atoms with van der Waals surface area (Å²) in [6.07, 6.45) is 3.91. The average Bonchev–Trinajstić information content (AvgIpc) is 2.64. The Labute approximate surface area is 144 Å². The van der Waals surface area contributed by atoms with Gasteiger partial charge in [0.15, 0.2) is 0 Å². The van der Waals surface area contributed by atoms with Crippen LogP contribution in [0.3, 0.4) is 0 Å². The van der Waals surface area contributed by atoms with Crippen LogP contribution in [-0.2, 0) is 19.3 Å². The Bertz CT molecular complexity index is 776. The highest BCUT2D eigenvalue weighted by Gasteiger charge is 2.14. The van der Waals surface area contributed by atoms with E-state index in [0.29, 0.717) is 5.75 Å². The topological polar surface area (TPSA) is 20.2 Å². The molecule has 0 saturated carbocycles. The number of hydrogen-bond donors (Lipinski definition) is 1. The average molecular weight is 316 g/mol. The second kappa shape index (κ2) is 7.83. The monoisotopic (exact) mass is 316 g/mol. The van der Waals surface area contributed by atoms with Crippen LogP contribution >= 0.6 is 0 Å². The molecule has 0 aliphatic heterocycles. The van der Waals surface area contributed by atoms with E-state index in [1.54, 1.807) is 0 Å². The Kier molecular flexibility index (Phi) is 5.32. The minimum atomic E-state index is 0.416. The van der Waals surface area contributed by atoms with Gasteiger partial charge in [0.25, 0.3) is 0 Å². The molecular formula is C23H24O. The molecule has 3 aromatic rings. The first kappa shape index (κ1) is 16.3. The largest absolute Gasteiger partial charge is 0.508 e. The van der Waals surface area contributed by atoms with E-state index < -0.39 is 0 Å². The molecule has 0 unspecified atom stereocenters. The van der Waals surface area contributed by atoms with Crippen LogP contribution < -0.4 is 0 Å². The van der Waals surface area contributed by atoms with Crippen molar-refractivity contribution in [1.82, 2.24) is 0 Å². The fourth-order valence-electron chi connectivity index (χ4n) is 3.28. The lowest BCUT2D eigenvalue weighted by Crippen LogP contribution is -1.99. The third kappa shape index (κ3) is 3.68. The highest BCUT2D eigenvalue weighted by atomic mass is 16.3. The standard InChI is InChI=1S/C23H24O/c1-2-9-21-22(24)17-16-20(15-14-18-10-5-3-6-11-18)23(21)19-12-7-4-8-13-19/h3-8,10-13,16-17,24H,2,9,14-15H2,1H3. The molecular weight excluding hydrogens is 292 g/mol. The van der Waals surface area contributed by atoms with Gasteiger partial charge in [-0.15, -0.1) is 0 Å². The minimum absolute atomic E-state index is 0.416. The molecule has 122 valence electrons. The summed E-state index contributed by atoms with van der Waals surface area (Å²) in [5, 5.41) is 10.4. The predicted octanol–water partition coefficient (Wildman–Crippen LogP) is 5.80. The van der Waals surface area contributed by atoms with Gasteiger partial charge in [0, 0.05) is 5.56 Å². The maximum atomic E-state index is 10.4. The summed E-state index contributed by atoms with van der Waals surface area (Å²) in [7, 11) is 0. The molecule has 0 radical (unpaired) electrons. The van der Waals surface area contributed by atoms with Crippen molar-refractivity contribution in [1.29, 1.82) is 0 Å². The molecule has 1 nitrogen and oxygen atoms in total. The zero-order chi connectivity index (χ0) is 16.8. The summed E-state index contributed by atoms with van der Waals surface area (Å²) in [6, 6.07) is 25.0. The number of aromatic hydroxyl groups is 1. The lowest BCUT2D eigenvalue weighted by molar-refractivity contribution is 0.467. The van der Waals surface area contributed by atoms with Gasteiger partial charge in [-0.1, -0.05) is 80.1 Å². The van der Waals surface area contributed by atoms with Crippen LogP contribution in [0.4, 0.5) is 0 Å². The molecule has 0 atom stereocenters. The van der Waals surface area contributed by atoms with Gasteiger partial charge in [0.1, 0.15) is 5.75 Å². The normalized spacial score (nSPS) is 10.7. The Morgan fingerprint density at radius 3 is 2.04 bits per heavy atom. The van der Waals surface area contributed by atoms with Crippen LogP contribution in [-0.4, -0.2) is 5.11 Å². The van der Waals surface area contributed by atoms with Gasteiger partial charge in [-0.3, -0.25) is 0 Å². The van der Waals surface area contributed by atoms with E-state index in [0.717, 1.165) is 31.2 Å². The lowest BCUT2D eigenvalue weighted by Gasteiger charge is -2.17. The van der Waals surface area contributed by atoms with E-state index in [-0.39, 0.29) is 0 Å². The van der Waals surface area contributed by atoms with Gasteiger partial charge in [0.2, 0.25) is 0 Å². The molecule has 0 bridgehead atoms. The van der Waals surface area contributed by atoms with E-state index in [9.17, 15) is 5.11 Å². The van der Waals surface area contributed by atoms with Crippen molar-refractivity contribution in [2.45, 2.75) is 32.6 Å². The van der Waals surface area contributed by atoms with Crippen molar-refractivity contribution in [2.24, 2.45) is 0 Å². The molecule has 0 aromatic heterocycles. The molecule has 0 aliphatic rings. The summed E-state index contributed by atoms with van der Waals surface area (Å²) < 4.78 is 0. The number of phenolic OH excluding ortho intramolecular Hbond substituents is 1. The Morgan fingerprint density at radius 1 is 0.708 bits per heavy atom. The van der Waals surface area contributed by atoms with Crippen LogP contribution in [0.15, 0.2) is 72.8 Å². The van der Waals surface area contributed by atoms with Gasteiger partial charge in [-0.25, -0.2) is 0 Å². The molecule has 0 spiro atoms. The molecule has 0 fully saturated rings. The molecule has 0 saturated heterocycles. The van der Waals surface area contributed by atoms with E-state index >= 15 is 0 Å². The summed E-state index contributed by atoms with van der Waals surface area (Å²) in [5.41, 5.74) is 6.15. The third-order valence-electron chi connectivity index (χ3n) is 4.46. The smallest absolute Gasteiger partial charge is 0.119 e. The van der Waals surface area contributed by atoms with Crippen molar-refractivity contribution in [3.05, 3.63) is 89.5 Å². The highest BCUT2D eigenvalue weighted by Crippen LogP contribution is 2.35. The number of benzene rings is 3. The second-order valence-corrected chi connectivity index (χ2v) is 6.20. The van der Waals surface area contributed by atoms with E-state index in [1.165, 1.54) is 22.3 Å². The maximum Gasteiger partial charge on any atom is 0.119 e. The number of hydrogen-bond acceptors (Lipinski definition) is 1. The Morgan fingerprint density at radius 2 is 1.38 bits per heavy atom. The van der Waals surface area contributed by atoms with Gasteiger partial charge in [0.05, 0.1) is 0 Å². The summed E-state index contributed by atoms with van der Waals surface area (Å²) in [6.45, 7) is 2.16. The van der Waals surface area contributed by atoms with Gasteiger partial charge >= 0.3 is 0 Å². The predicted molar refractivity (Wildman–Crippen MR) is 101 cm³/mol. The molecule has 0 amide bonds. The SMILES string of the molecule is CCCc1c(O)ccc(CCc2ccccc2)c1-c1ccccc1. The van der Waals surface area contributed by atoms with Crippen LogP contribution in [0.25, 0.3) is 11.1 Å². The molecule has 24 heavy (non-hydrogen) atoms. The van der Waals surface area contributed by atoms with E-state index in [4.69, 9.17) is 0 Å². The zero-order valence-corrected chi connectivity index (χ0v) is 14.2. The number of rotatable bonds is 6.